The molecule has 9 heavy (non-hydrogen) atoms. The minimum absolute atomic E-state index is 0.113. The van der Waals surface area contributed by atoms with Gasteiger partial charge in [0.2, 0.25) is 0 Å². The molecular weight excluding hydrogens is 235 g/mol. The molecule has 2 rings (SSSR count). The number of halogens is 1. The molecule has 0 spiro atoms. The second kappa shape index (κ2) is 2.05. The summed E-state index contributed by atoms with van der Waals surface area (Å²) in [4.78, 5) is 0. The predicted octanol–water partition coefficient (Wildman–Crippen LogP) is 0.521. The quantitative estimate of drug-likeness (QED) is 0.381. The molecule has 1 unspecified atom stereocenters. The Labute approximate surface area is 66.8 Å². The molecule has 0 saturated carbocycles. The highest BCUT2D eigenvalue weighted by molar-refractivity contribution is 14.1. The van der Waals surface area contributed by atoms with Gasteiger partial charge in [-0.05, 0) is 22.6 Å². The Kier molecular flexibility index (Phi) is 1.44. The van der Waals surface area contributed by atoms with E-state index in [1.165, 1.54) is 0 Å². The summed E-state index contributed by atoms with van der Waals surface area (Å²) in [5.41, 5.74) is 0. The van der Waals surface area contributed by atoms with Crippen LogP contribution in [0.1, 0.15) is 0 Å². The first-order valence-corrected chi connectivity index (χ1v) is 3.95. The van der Waals surface area contributed by atoms with Gasteiger partial charge in [0.25, 0.3) is 0 Å². The summed E-state index contributed by atoms with van der Waals surface area (Å²) >= 11 is 2.22. The average Bonchev–Trinajstić information content (AvgIpc) is 2.46. The molecule has 52 valence electrons. The highest BCUT2D eigenvalue weighted by Crippen LogP contribution is 2.41. The summed E-state index contributed by atoms with van der Waals surface area (Å²) in [6, 6.07) is 0. The van der Waals surface area contributed by atoms with Crippen LogP contribution in [0.3, 0.4) is 0 Å². The number of hydrogen-bond acceptors (Lipinski definition) is 3. The molecule has 2 heterocycles. The summed E-state index contributed by atoms with van der Waals surface area (Å²) in [5, 5.41) is 0. The van der Waals surface area contributed by atoms with Crippen molar-refractivity contribution in [1.82, 2.24) is 0 Å². The molecule has 2 fully saturated rings. The first-order chi connectivity index (χ1) is 4.31. The number of rotatable bonds is 1. The van der Waals surface area contributed by atoms with Crippen molar-refractivity contribution >= 4 is 22.6 Å². The first kappa shape index (κ1) is 6.33. The van der Waals surface area contributed by atoms with Gasteiger partial charge in [0.15, 0.2) is 9.90 Å². The van der Waals surface area contributed by atoms with Crippen LogP contribution in [-0.2, 0) is 14.2 Å². The Hall–Kier alpha value is 0.610. The molecule has 2 saturated heterocycles. The first-order valence-electron chi connectivity index (χ1n) is 2.87. The Morgan fingerprint density at radius 3 is 2.33 bits per heavy atom. The van der Waals surface area contributed by atoms with Crippen LogP contribution in [0.25, 0.3) is 0 Å². The fraction of sp³-hybridized carbons (Fsp3) is 1.00. The third-order valence-corrected chi connectivity index (χ3v) is 2.53. The van der Waals surface area contributed by atoms with Gasteiger partial charge in [-0.3, -0.25) is 0 Å². The van der Waals surface area contributed by atoms with Gasteiger partial charge in [0, 0.05) is 0 Å². The van der Waals surface area contributed by atoms with Gasteiger partial charge in [0.1, 0.15) is 0 Å². The van der Waals surface area contributed by atoms with Crippen molar-refractivity contribution in [1.29, 1.82) is 0 Å². The van der Waals surface area contributed by atoms with Gasteiger partial charge in [-0.15, -0.1) is 0 Å². The van der Waals surface area contributed by atoms with E-state index in [4.69, 9.17) is 14.2 Å². The summed E-state index contributed by atoms with van der Waals surface area (Å²) in [7, 11) is 0. The van der Waals surface area contributed by atoms with Crippen LogP contribution in [-0.4, -0.2) is 29.7 Å². The minimum Gasteiger partial charge on any atom is -0.353 e. The maximum atomic E-state index is 5.23. The van der Waals surface area contributed by atoms with Crippen LogP contribution < -0.4 is 0 Å². The second-order valence-electron chi connectivity index (χ2n) is 2.15. The molecule has 2 aliphatic rings. The molecule has 0 N–H and O–H groups in total. The monoisotopic (exact) mass is 242 g/mol. The molecular formula is C5H7IO3. The fourth-order valence-electron chi connectivity index (χ4n) is 0.812. The SMILES string of the molecule is IC1(C2OCCO2)CO1. The second-order valence-corrected chi connectivity index (χ2v) is 3.97. The van der Waals surface area contributed by atoms with Gasteiger partial charge in [-0.2, -0.15) is 0 Å². The molecule has 0 bridgehead atoms. The highest BCUT2D eigenvalue weighted by atomic mass is 127. The lowest BCUT2D eigenvalue weighted by molar-refractivity contribution is -0.0636. The number of hydrogen-bond donors (Lipinski definition) is 0. The summed E-state index contributed by atoms with van der Waals surface area (Å²) in [6.07, 6.45) is -0.113. The van der Waals surface area contributed by atoms with Crippen molar-refractivity contribution in [3.05, 3.63) is 0 Å². The van der Waals surface area contributed by atoms with Gasteiger partial charge >= 0.3 is 0 Å². The molecule has 0 aromatic rings. The van der Waals surface area contributed by atoms with Gasteiger partial charge in [-0.1, -0.05) is 0 Å². The zero-order valence-corrected chi connectivity index (χ0v) is 6.96. The van der Waals surface area contributed by atoms with Crippen LogP contribution in [0, 0.1) is 0 Å². The van der Waals surface area contributed by atoms with E-state index < -0.39 is 0 Å². The lowest BCUT2D eigenvalue weighted by Gasteiger charge is -2.09. The van der Waals surface area contributed by atoms with Crippen LogP contribution >= 0.6 is 22.6 Å². The number of alkyl halides is 1. The highest BCUT2D eigenvalue weighted by Gasteiger charge is 2.52. The van der Waals surface area contributed by atoms with E-state index in [0.717, 1.165) is 6.61 Å². The minimum atomic E-state index is -0.145. The number of ether oxygens (including phenoxy) is 3. The summed E-state index contributed by atoms with van der Waals surface area (Å²) < 4.78 is 15.4. The van der Waals surface area contributed by atoms with Gasteiger partial charge in [0.05, 0.1) is 19.8 Å². The van der Waals surface area contributed by atoms with Crippen molar-refractivity contribution in [3.8, 4) is 0 Å². The molecule has 2 aliphatic heterocycles. The summed E-state index contributed by atoms with van der Waals surface area (Å²) in [6.45, 7) is 2.18. The van der Waals surface area contributed by atoms with Crippen LogP contribution in [0.2, 0.25) is 0 Å². The van der Waals surface area contributed by atoms with Crippen molar-refractivity contribution < 1.29 is 14.2 Å². The third-order valence-electron chi connectivity index (χ3n) is 1.39. The Bertz CT molecular complexity index is 117. The number of epoxide rings is 1. The maximum absolute atomic E-state index is 5.23. The zero-order valence-electron chi connectivity index (χ0n) is 4.80. The Morgan fingerprint density at radius 2 is 1.89 bits per heavy atom. The largest absolute Gasteiger partial charge is 0.353 e. The molecule has 0 aromatic carbocycles. The molecule has 0 aliphatic carbocycles. The van der Waals surface area contributed by atoms with Crippen molar-refractivity contribution in [3.63, 3.8) is 0 Å². The van der Waals surface area contributed by atoms with Crippen molar-refractivity contribution in [2.45, 2.75) is 9.90 Å². The predicted molar refractivity (Wildman–Crippen MR) is 38.4 cm³/mol. The van der Waals surface area contributed by atoms with Crippen LogP contribution in [0.5, 0.6) is 0 Å². The average molecular weight is 242 g/mol. The summed E-state index contributed by atoms with van der Waals surface area (Å²) in [5.74, 6) is 0. The van der Waals surface area contributed by atoms with E-state index in [-0.39, 0.29) is 9.90 Å². The van der Waals surface area contributed by atoms with Gasteiger partial charge < -0.3 is 14.2 Å². The van der Waals surface area contributed by atoms with Crippen LogP contribution in [0.4, 0.5) is 0 Å². The van der Waals surface area contributed by atoms with E-state index >= 15 is 0 Å². The smallest absolute Gasteiger partial charge is 0.198 e. The zero-order chi connectivity index (χ0) is 6.32. The fourth-order valence-corrected chi connectivity index (χ4v) is 1.33. The normalized spacial score (nSPS) is 43.7. The lowest BCUT2D eigenvalue weighted by Crippen LogP contribution is -2.23. The van der Waals surface area contributed by atoms with Crippen molar-refractivity contribution in [2.24, 2.45) is 0 Å². The molecule has 1 atom stereocenters. The molecule has 3 nitrogen and oxygen atoms in total. The molecule has 4 heteroatoms. The lowest BCUT2D eigenvalue weighted by atomic mass is 10.5. The molecule has 0 radical (unpaired) electrons. The topological polar surface area (TPSA) is 31.0 Å². The Balaban J connectivity index is 1.97. The van der Waals surface area contributed by atoms with Gasteiger partial charge in [-0.25, -0.2) is 0 Å². The third kappa shape index (κ3) is 1.09. The van der Waals surface area contributed by atoms with E-state index in [0.29, 0.717) is 13.2 Å². The maximum Gasteiger partial charge on any atom is 0.198 e. The van der Waals surface area contributed by atoms with E-state index in [2.05, 4.69) is 22.6 Å². The van der Waals surface area contributed by atoms with Crippen LogP contribution in [0.15, 0.2) is 0 Å². The van der Waals surface area contributed by atoms with Crippen molar-refractivity contribution in [2.75, 3.05) is 19.8 Å². The molecule has 0 amide bonds. The Morgan fingerprint density at radius 1 is 1.33 bits per heavy atom. The van der Waals surface area contributed by atoms with E-state index in [1.54, 1.807) is 0 Å². The molecule has 0 aromatic heterocycles. The van der Waals surface area contributed by atoms with E-state index in [9.17, 15) is 0 Å². The van der Waals surface area contributed by atoms with E-state index in [1.807, 2.05) is 0 Å². The standard InChI is InChI=1S/C5H7IO3/c6-5(3-9-5)4-7-1-2-8-4/h4H,1-3H2.